The van der Waals surface area contributed by atoms with E-state index in [4.69, 9.17) is 0 Å². The summed E-state index contributed by atoms with van der Waals surface area (Å²) in [6.45, 7) is 8.28. The first-order valence-corrected chi connectivity index (χ1v) is 18.2. The molecular weight excluding hydrogens is 702 g/mol. The number of carbonyl (C=O) groups excluding carboxylic acids is 4. The summed E-state index contributed by atoms with van der Waals surface area (Å²) in [5.74, 6) is -8.92. The van der Waals surface area contributed by atoms with Crippen LogP contribution >= 0.6 is 11.3 Å². The monoisotopic (exact) mass is 750 g/mol. The smallest absolute Gasteiger partial charge is 0.306 e. The summed E-state index contributed by atoms with van der Waals surface area (Å²) in [7, 11) is 0. The summed E-state index contributed by atoms with van der Waals surface area (Å²) in [6.07, 6.45) is -1.06. The Kier molecular flexibility index (Phi) is 15.7. The SMILES string of the molecule is CCCN(CCC)C(=O)c1ccc(C(=O)N[C@@H](Cc2cc(F)cc(F)c2)[C@@H](O)CC(=O)N[C@H](C(=O)NC2CC(C(=O)O)CC(C(=O)O)C2)C(C)C)s1. The highest BCUT2D eigenvalue weighted by Gasteiger charge is 2.38. The number of nitrogens with zero attached hydrogens (tertiary/aromatic N) is 1. The van der Waals surface area contributed by atoms with E-state index in [0.29, 0.717) is 24.0 Å². The minimum atomic E-state index is -1.61. The zero-order chi connectivity index (χ0) is 38.7. The van der Waals surface area contributed by atoms with Crippen LogP contribution in [-0.4, -0.2) is 93.1 Å². The van der Waals surface area contributed by atoms with E-state index < -0.39 is 89.7 Å². The first-order valence-electron chi connectivity index (χ1n) is 17.4. The van der Waals surface area contributed by atoms with E-state index in [1.165, 1.54) is 12.1 Å². The minimum absolute atomic E-state index is 0.0139. The van der Waals surface area contributed by atoms with Crippen LogP contribution in [0, 0.1) is 29.4 Å². The van der Waals surface area contributed by atoms with Gasteiger partial charge in [0.1, 0.15) is 17.7 Å². The standard InChI is InChI=1S/C36H48F2N4O9S/c1-5-9-42(10-6-2)34(47)29-8-7-28(52-29)32(45)40-26(13-20-11-23(37)17-24(38)12-20)27(43)18-30(44)41-31(19(3)4)33(46)39-25-15-21(35(48)49)14-22(16-25)36(50)51/h7-8,11-12,17,19,21-22,25-27,31,43H,5-6,9-10,13-16,18H2,1-4H3,(H,39,46)(H,40,45)(H,41,44)(H,48,49)(H,50,51)/t21?,22?,25?,26-,27-,31-/m0/s1. The molecule has 1 aliphatic rings. The fourth-order valence-electron chi connectivity index (χ4n) is 6.32. The van der Waals surface area contributed by atoms with Gasteiger partial charge in [0.15, 0.2) is 0 Å². The molecule has 286 valence electrons. The Morgan fingerprint density at radius 3 is 1.94 bits per heavy atom. The van der Waals surface area contributed by atoms with E-state index in [0.717, 1.165) is 36.3 Å². The molecule has 2 unspecified atom stereocenters. The molecule has 1 aliphatic carbocycles. The number of carboxylic acid groups (broad SMARTS) is 2. The number of nitrogens with one attached hydrogen (secondary N) is 3. The van der Waals surface area contributed by atoms with Crippen LogP contribution in [0.5, 0.6) is 0 Å². The molecule has 16 heteroatoms. The van der Waals surface area contributed by atoms with Crippen molar-refractivity contribution in [3.8, 4) is 0 Å². The second-order valence-corrected chi connectivity index (χ2v) is 14.6. The van der Waals surface area contributed by atoms with Crippen molar-refractivity contribution < 1.29 is 52.9 Å². The van der Waals surface area contributed by atoms with E-state index >= 15 is 0 Å². The number of carboxylic acids is 2. The molecule has 1 aromatic carbocycles. The third-order valence-corrected chi connectivity index (χ3v) is 9.96. The van der Waals surface area contributed by atoms with Crippen LogP contribution < -0.4 is 16.0 Å². The number of benzene rings is 1. The topological polar surface area (TPSA) is 202 Å². The maximum absolute atomic E-state index is 14.1. The van der Waals surface area contributed by atoms with Crippen LogP contribution in [0.15, 0.2) is 30.3 Å². The fraction of sp³-hybridized carbons (Fsp3) is 0.556. The lowest BCUT2D eigenvalue weighted by molar-refractivity contribution is -0.149. The average Bonchev–Trinajstić information content (AvgIpc) is 3.56. The Morgan fingerprint density at radius 2 is 1.42 bits per heavy atom. The Hall–Kier alpha value is -4.44. The molecule has 4 amide bonds. The number of aliphatic carboxylic acids is 2. The summed E-state index contributed by atoms with van der Waals surface area (Å²) in [6, 6.07) is 2.54. The quantitative estimate of drug-likeness (QED) is 0.132. The van der Waals surface area contributed by atoms with E-state index in [1.54, 1.807) is 18.7 Å². The predicted molar refractivity (Wildman–Crippen MR) is 188 cm³/mol. The average molecular weight is 751 g/mol. The molecule has 0 bridgehead atoms. The second kappa shape index (κ2) is 19.4. The van der Waals surface area contributed by atoms with Crippen molar-refractivity contribution in [2.45, 2.75) is 96.9 Å². The molecule has 52 heavy (non-hydrogen) atoms. The van der Waals surface area contributed by atoms with Gasteiger partial charge in [-0.15, -0.1) is 11.3 Å². The maximum atomic E-state index is 14.1. The normalized spacial score (nSPS) is 18.9. The van der Waals surface area contributed by atoms with Gasteiger partial charge < -0.3 is 36.2 Å². The van der Waals surface area contributed by atoms with Gasteiger partial charge in [0.2, 0.25) is 11.8 Å². The molecule has 13 nitrogen and oxygen atoms in total. The number of hydrogen-bond acceptors (Lipinski definition) is 8. The molecule has 2 aromatic rings. The maximum Gasteiger partial charge on any atom is 0.306 e. The molecule has 1 fully saturated rings. The van der Waals surface area contributed by atoms with Crippen LogP contribution in [0.1, 0.15) is 91.1 Å². The lowest BCUT2D eigenvalue weighted by Crippen LogP contribution is -2.54. The molecule has 1 saturated carbocycles. The summed E-state index contributed by atoms with van der Waals surface area (Å²) in [5.41, 5.74) is 0.0883. The van der Waals surface area contributed by atoms with Crippen molar-refractivity contribution in [1.82, 2.24) is 20.9 Å². The molecule has 0 radical (unpaired) electrons. The molecule has 6 N–H and O–H groups in total. The van der Waals surface area contributed by atoms with Gasteiger partial charge in [0.05, 0.1) is 40.2 Å². The molecule has 0 saturated heterocycles. The molecule has 5 atom stereocenters. The Bertz CT molecular complexity index is 1550. The number of aliphatic hydroxyl groups excluding tert-OH is 1. The van der Waals surface area contributed by atoms with Gasteiger partial charge in [-0.05, 0) is 74.3 Å². The highest BCUT2D eigenvalue weighted by atomic mass is 32.1. The lowest BCUT2D eigenvalue weighted by atomic mass is 9.78. The van der Waals surface area contributed by atoms with E-state index in [2.05, 4.69) is 16.0 Å². The predicted octanol–water partition coefficient (Wildman–Crippen LogP) is 3.59. The number of rotatable bonds is 18. The third-order valence-electron chi connectivity index (χ3n) is 8.89. The van der Waals surface area contributed by atoms with Crippen molar-refractivity contribution in [3.63, 3.8) is 0 Å². The zero-order valence-corrected chi connectivity index (χ0v) is 30.5. The molecule has 1 heterocycles. The molecule has 3 rings (SSSR count). The van der Waals surface area contributed by atoms with Gasteiger partial charge in [-0.25, -0.2) is 8.78 Å². The summed E-state index contributed by atoms with van der Waals surface area (Å²) in [5, 5.41) is 38.1. The summed E-state index contributed by atoms with van der Waals surface area (Å²) in [4.78, 5) is 78.4. The first-order chi connectivity index (χ1) is 24.5. The van der Waals surface area contributed by atoms with Gasteiger partial charge in [0.25, 0.3) is 11.8 Å². The Balaban J connectivity index is 1.76. The number of aliphatic hydroxyl groups is 1. The molecule has 0 spiro atoms. The summed E-state index contributed by atoms with van der Waals surface area (Å²) < 4.78 is 28.1. The second-order valence-electron chi connectivity index (χ2n) is 13.6. The first kappa shape index (κ1) is 42.0. The van der Waals surface area contributed by atoms with Gasteiger partial charge >= 0.3 is 11.9 Å². The number of amides is 4. The zero-order valence-electron chi connectivity index (χ0n) is 29.7. The van der Waals surface area contributed by atoms with E-state index in [1.807, 2.05) is 13.8 Å². The Morgan fingerprint density at radius 1 is 0.865 bits per heavy atom. The number of halogens is 2. The van der Waals surface area contributed by atoms with Crippen molar-refractivity contribution in [3.05, 3.63) is 57.3 Å². The number of thiophene rings is 1. The molecule has 1 aromatic heterocycles. The molecule has 0 aliphatic heterocycles. The van der Waals surface area contributed by atoms with E-state index in [9.17, 15) is 52.9 Å². The van der Waals surface area contributed by atoms with Crippen LogP contribution in [0.4, 0.5) is 8.78 Å². The highest BCUT2D eigenvalue weighted by molar-refractivity contribution is 7.15. The van der Waals surface area contributed by atoms with Gasteiger partial charge in [0, 0.05) is 25.2 Å². The third kappa shape index (κ3) is 12.1. The largest absolute Gasteiger partial charge is 0.481 e. The fourth-order valence-corrected chi connectivity index (χ4v) is 7.20. The highest BCUT2D eigenvalue weighted by Crippen LogP contribution is 2.30. The van der Waals surface area contributed by atoms with Gasteiger partial charge in [-0.2, -0.15) is 0 Å². The Labute approximate surface area is 305 Å². The number of carbonyl (C=O) groups is 6. The van der Waals surface area contributed by atoms with Crippen LogP contribution in [0.3, 0.4) is 0 Å². The summed E-state index contributed by atoms with van der Waals surface area (Å²) >= 11 is 0.946. The van der Waals surface area contributed by atoms with Gasteiger partial charge in [-0.3, -0.25) is 28.8 Å². The molecular formula is C36H48F2N4O9S. The van der Waals surface area contributed by atoms with Gasteiger partial charge in [-0.1, -0.05) is 27.7 Å². The van der Waals surface area contributed by atoms with Crippen LogP contribution in [0.25, 0.3) is 0 Å². The van der Waals surface area contributed by atoms with Crippen molar-refractivity contribution in [2.24, 2.45) is 17.8 Å². The van der Waals surface area contributed by atoms with Crippen LogP contribution in [-0.2, 0) is 25.6 Å². The van der Waals surface area contributed by atoms with Crippen LogP contribution in [0.2, 0.25) is 0 Å². The van der Waals surface area contributed by atoms with Crippen molar-refractivity contribution in [2.75, 3.05) is 13.1 Å². The van der Waals surface area contributed by atoms with E-state index in [-0.39, 0.29) is 42.0 Å². The van der Waals surface area contributed by atoms with Crippen molar-refractivity contribution in [1.29, 1.82) is 0 Å². The van der Waals surface area contributed by atoms with Crippen molar-refractivity contribution >= 4 is 46.9 Å². The minimum Gasteiger partial charge on any atom is -0.481 e. The lowest BCUT2D eigenvalue weighted by Gasteiger charge is -2.33. The number of hydrogen-bond donors (Lipinski definition) is 6.